The van der Waals surface area contributed by atoms with Gasteiger partial charge in [0.25, 0.3) is 0 Å². The minimum atomic E-state index is -1.57. The van der Waals surface area contributed by atoms with Crippen LogP contribution in [0.15, 0.2) is 12.3 Å². The highest BCUT2D eigenvalue weighted by molar-refractivity contribution is 5.99. The Morgan fingerprint density at radius 3 is 1.79 bits per heavy atom. The average Bonchev–Trinajstić information content (AvgIpc) is 2.28. The summed E-state index contributed by atoms with van der Waals surface area (Å²) in [5, 5.41) is 0. The molecule has 0 aliphatic rings. The van der Waals surface area contributed by atoms with Crippen molar-refractivity contribution in [2.24, 2.45) is 5.41 Å². The van der Waals surface area contributed by atoms with E-state index in [0.717, 1.165) is 0 Å². The first-order valence-corrected chi connectivity index (χ1v) is 5.98. The Labute approximate surface area is 112 Å². The van der Waals surface area contributed by atoms with Gasteiger partial charge in [-0.05, 0) is 20.8 Å². The lowest BCUT2D eigenvalue weighted by Gasteiger charge is -2.25. The molecule has 0 aromatic heterocycles. The average molecular weight is 272 g/mol. The number of ether oxygens (including phenoxy) is 3. The van der Waals surface area contributed by atoms with Gasteiger partial charge in [-0.3, -0.25) is 14.4 Å². The number of hydrogen-bond acceptors (Lipinski definition) is 6. The zero-order valence-electron chi connectivity index (χ0n) is 11.8. The van der Waals surface area contributed by atoms with Gasteiger partial charge in [0.1, 0.15) is 5.76 Å². The van der Waals surface area contributed by atoms with Crippen LogP contribution in [0.3, 0.4) is 0 Å². The summed E-state index contributed by atoms with van der Waals surface area (Å²) < 4.78 is 14.5. The lowest BCUT2D eigenvalue weighted by molar-refractivity contribution is -0.171. The van der Waals surface area contributed by atoms with Crippen molar-refractivity contribution < 1.29 is 28.6 Å². The van der Waals surface area contributed by atoms with Gasteiger partial charge in [-0.1, -0.05) is 6.58 Å². The van der Waals surface area contributed by atoms with Gasteiger partial charge in [-0.25, -0.2) is 0 Å². The van der Waals surface area contributed by atoms with Crippen LogP contribution in [0, 0.1) is 5.41 Å². The largest absolute Gasteiger partial charge is 0.465 e. The molecule has 19 heavy (non-hydrogen) atoms. The second-order valence-electron chi connectivity index (χ2n) is 4.08. The number of carbonyl (C=O) groups excluding carboxylic acids is 3. The lowest BCUT2D eigenvalue weighted by Crippen LogP contribution is -2.40. The molecule has 108 valence electrons. The molecule has 6 heteroatoms. The van der Waals surface area contributed by atoms with Gasteiger partial charge in [0.2, 0.25) is 0 Å². The van der Waals surface area contributed by atoms with E-state index in [1.54, 1.807) is 13.8 Å². The molecule has 0 radical (unpaired) electrons. The zero-order valence-corrected chi connectivity index (χ0v) is 11.8. The molecule has 0 N–H and O–H groups in total. The first-order chi connectivity index (χ1) is 8.77. The maximum absolute atomic E-state index is 11.9. The van der Waals surface area contributed by atoms with Crippen molar-refractivity contribution >= 4 is 17.9 Å². The van der Waals surface area contributed by atoms with Gasteiger partial charge in [0.05, 0.1) is 13.2 Å². The summed E-state index contributed by atoms with van der Waals surface area (Å²) in [6, 6.07) is 0. The van der Waals surface area contributed by atoms with Crippen LogP contribution in [0.4, 0.5) is 0 Å². The number of allylic oxidation sites excluding steroid dienone is 1. The monoisotopic (exact) mass is 272 g/mol. The third kappa shape index (κ3) is 5.11. The topological polar surface area (TPSA) is 78.9 Å². The molecular weight excluding hydrogens is 252 g/mol. The normalized spacial score (nSPS) is 10.5. The fraction of sp³-hybridized carbons (Fsp3) is 0.615. The zero-order chi connectivity index (χ0) is 15.1. The fourth-order valence-corrected chi connectivity index (χ4v) is 1.44. The van der Waals surface area contributed by atoms with E-state index in [0.29, 0.717) is 0 Å². The lowest BCUT2D eigenvalue weighted by atomic mass is 9.86. The summed E-state index contributed by atoms with van der Waals surface area (Å²) in [6.07, 6.45) is -0.176. The molecule has 0 rings (SSSR count). The van der Waals surface area contributed by atoms with Crippen LogP contribution in [-0.2, 0) is 28.6 Å². The van der Waals surface area contributed by atoms with Crippen molar-refractivity contribution in [3.63, 3.8) is 0 Å². The van der Waals surface area contributed by atoms with Crippen molar-refractivity contribution in [3.8, 4) is 0 Å². The van der Waals surface area contributed by atoms with Gasteiger partial charge in [0.15, 0.2) is 5.41 Å². The predicted octanol–water partition coefficient (Wildman–Crippen LogP) is 1.59. The molecule has 0 aliphatic carbocycles. The van der Waals surface area contributed by atoms with E-state index in [4.69, 9.17) is 14.2 Å². The molecule has 0 heterocycles. The third-order valence-corrected chi connectivity index (χ3v) is 2.29. The van der Waals surface area contributed by atoms with Gasteiger partial charge in [-0.2, -0.15) is 0 Å². The summed E-state index contributed by atoms with van der Waals surface area (Å²) >= 11 is 0. The quantitative estimate of drug-likeness (QED) is 0.303. The number of rotatable bonds is 7. The Bertz CT molecular complexity index is 353. The first kappa shape index (κ1) is 17.2. The van der Waals surface area contributed by atoms with E-state index in [9.17, 15) is 14.4 Å². The predicted molar refractivity (Wildman–Crippen MR) is 66.9 cm³/mol. The van der Waals surface area contributed by atoms with Gasteiger partial charge < -0.3 is 14.2 Å². The Hall–Kier alpha value is -1.85. The number of hydrogen-bond donors (Lipinski definition) is 0. The highest BCUT2D eigenvalue weighted by atomic mass is 16.6. The summed E-state index contributed by atoms with van der Waals surface area (Å²) in [5.41, 5.74) is -1.57. The highest BCUT2D eigenvalue weighted by Gasteiger charge is 2.45. The van der Waals surface area contributed by atoms with Gasteiger partial charge in [-0.15, -0.1) is 0 Å². The standard InChI is InChI=1S/C13H20O6/c1-6-17-11(15)13(5,12(16)18-7-2)8-9(3)19-10(4)14/h3,6-8H2,1-2,4-5H3. The van der Waals surface area contributed by atoms with Crippen molar-refractivity contribution in [2.45, 2.75) is 34.1 Å². The molecule has 0 aromatic carbocycles. The van der Waals surface area contributed by atoms with Crippen molar-refractivity contribution in [2.75, 3.05) is 13.2 Å². The molecule has 0 amide bonds. The van der Waals surface area contributed by atoms with E-state index in [-0.39, 0.29) is 25.4 Å². The van der Waals surface area contributed by atoms with Crippen molar-refractivity contribution in [1.82, 2.24) is 0 Å². The summed E-state index contributed by atoms with van der Waals surface area (Å²) in [6.45, 7) is 9.61. The Balaban J connectivity index is 5.05. The van der Waals surface area contributed by atoms with E-state index in [1.165, 1.54) is 13.8 Å². The molecule has 0 aromatic rings. The molecule has 6 nitrogen and oxygen atoms in total. The summed E-state index contributed by atoms with van der Waals surface area (Å²) in [7, 11) is 0. The first-order valence-electron chi connectivity index (χ1n) is 5.98. The molecule has 0 spiro atoms. The smallest absolute Gasteiger partial charge is 0.323 e. The van der Waals surface area contributed by atoms with Crippen LogP contribution in [0.1, 0.15) is 34.1 Å². The van der Waals surface area contributed by atoms with Crippen LogP contribution >= 0.6 is 0 Å². The molecule has 0 aliphatic heterocycles. The molecule has 0 fully saturated rings. The van der Waals surface area contributed by atoms with E-state index >= 15 is 0 Å². The highest BCUT2D eigenvalue weighted by Crippen LogP contribution is 2.29. The molecule has 0 saturated heterocycles. The minimum absolute atomic E-state index is 0.0103. The van der Waals surface area contributed by atoms with E-state index < -0.39 is 23.3 Å². The molecule has 0 saturated carbocycles. The minimum Gasteiger partial charge on any atom is -0.465 e. The Kier molecular flexibility index (Phi) is 6.82. The second-order valence-corrected chi connectivity index (χ2v) is 4.08. The van der Waals surface area contributed by atoms with Gasteiger partial charge in [0, 0.05) is 13.3 Å². The van der Waals surface area contributed by atoms with Crippen molar-refractivity contribution in [3.05, 3.63) is 12.3 Å². The summed E-state index contributed by atoms with van der Waals surface area (Å²) in [4.78, 5) is 34.6. The third-order valence-electron chi connectivity index (χ3n) is 2.29. The molecular formula is C13H20O6. The van der Waals surface area contributed by atoms with Crippen LogP contribution in [0.25, 0.3) is 0 Å². The SMILES string of the molecule is C=C(CC(C)(C(=O)OCC)C(=O)OCC)OC(C)=O. The Morgan fingerprint density at radius 1 is 1.05 bits per heavy atom. The Morgan fingerprint density at radius 2 is 1.47 bits per heavy atom. The van der Waals surface area contributed by atoms with Crippen molar-refractivity contribution in [1.29, 1.82) is 0 Å². The van der Waals surface area contributed by atoms with Gasteiger partial charge >= 0.3 is 17.9 Å². The number of esters is 3. The maximum atomic E-state index is 11.9. The second kappa shape index (κ2) is 7.56. The van der Waals surface area contributed by atoms with Crippen LogP contribution in [0.2, 0.25) is 0 Å². The number of carbonyl (C=O) groups is 3. The van der Waals surface area contributed by atoms with E-state index in [2.05, 4.69) is 6.58 Å². The van der Waals surface area contributed by atoms with Crippen LogP contribution in [-0.4, -0.2) is 31.1 Å². The summed E-state index contributed by atoms with van der Waals surface area (Å²) in [5.74, 6) is -2.03. The van der Waals surface area contributed by atoms with E-state index in [1.807, 2.05) is 0 Å². The molecule has 0 atom stereocenters. The molecule has 0 unspecified atom stereocenters. The van der Waals surface area contributed by atoms with Crippen LogP contribution in [0.5, 0.6) is 0 Å². The van der Waals surface area contributed by atoms with Crippen LogP contribution < -0.4 is 0 Å². The fourth-order valence-electron chi connectivity index (χ4n) is 1.44. The molecule has 0 bridgehead atoms. The maximum Gasteiger partial charge on any atom is 0.323 e.